The fourth-order valence-corrected chi connectivity index (χ4v) is 3.73. The number of pyridine rings is 1. The van der Waals surface area contributed by atoms with Crippen molar-refractivity contribution in [2.45, 2.75) is 6.54 Å². The quantitative estimate of drug-likeness (QED) is 0.436. The van der Waals surface area contributed by atoms with Crippen molar-refractivity contribution in [1.29, 1.82) is 0 Å². The van der Waals surface area contributed by atoms with E-state index >= 15 is 0 Å². The summed E-state index contributed by atoms with van der Waals surface area (Å²) < 4.78 is 6.51. The molecule has 0 bridgehead atoms. The fraction of sp³-hybridized carbons (Fsp3) is 0.0526. The number of hydrogen-bond acceptors (Lipinski definition) is 3. The van der Waals surface area contributed by atoms with Gasteiger partial charge in [-0.15, -0.1) is 0 Å². The van der Waals surface area contributed by atoms with Gasteiger partial charge in [-0.1, -0.05) is 24.3 Å². The van der Waals surface area contributed by atoms with Crippen LogP contribution in [-0.4, -0.2) is 23.9 Å². The molecular weight excluding hydrogens is 312 g/mol. The standard InChI is InChI=1S/C19H13N6/c1-2-7-14(8-3-1)25-16-18(23-11-5-10-21-19(23)22-16)24-12-13-6-4-9-20-15(13)17(24)25/h1-11H,12H2/q+1. The molecular formula is C19H13N6+. The average Bonchev–Trinajstić information content (AvgIpc) is 3.29. The summed E-state index contributed by atoms with van der Waals surface area (Å²) >= 11 is 0. The van der Waals surface area contributed by atoms with Crippen LogP contribution in [0.5, 0.6) is 0 Å². The highest BCUT2D eigenvalue weighted by molar-refractivity contribution is 5.77. The van der Waals surface area contributed by atoms with Gasteiger partial charge in [0.15, 0.2) is 0 Å². The van der Waals surface area contributed by atoms with Crippen molar-refractivity contribution in [1.82, 2.24) is 23.9 Å². The number of nitrogens with zero attached hydrogens (tertiary/aromatic N) is 6. The summed E-state index contributed by atoms with van der Waals surface area (Å²) in [4.78, 5) is 13.9. The van der Waals surface area contributed by atoms with Gasteiger partial charge in [-0.25, -0.2) is 19.1 Å². The zero-order valence-electron chi connectivity index (χ0n) is 13.2. The molecule has 5 aromatic rings. The number of imidazole rings is 2. The van der Waals surface area contributed by atoms with Gasteiger partial charge in [-0.05, 0) is 24.3 Å². The lowest BCUT2D eigenvalue weighted by molar-refractivity contribution is -0.648. The highest BCUT2D eigenvalue weighted by Crippen LogP contribution is 2.32. The van der Waals surface area contributed by atoms with Gasteiger partial charge >= 0.3 is 0 Å². The third-order valence-electron chi connectivity index (χ3n) is 4.74. The molecule has 0 N–H and O–H groups in total. The minimum atomic E-state index is 0.705. The van der Waals surface area contributed by atoms with Crippen LogP contribution in [0, 0.1) is 0 Å². The average molecular weight is 325 g/mol. The van der Waals surface area contributed by atoms with Crippen molar-refractivity contribution < 1.29 is 4.57 Å². The van der Waals surface area contributed by atoms with Crippen LogP contribution in [0.1, 0.15) is 5.56 Å². The van der Waals surface area contributed by atoms with E-state index in [-0.39, 0.29) is 0 Å². The smallest absolute Gasteiger partial charge is 0.249 e. The zero-order valence-corrected chi connectivity index (χ0v) is 13.2. The Bertz CT molecular complexity index is 1270. The SMILES string of the molecule is c1ccc(-n2c3[n+](c4c2nc2ncccn24)Cc2cccnc2-3)cc1. The lowest BCUT2D eigenvalue weighted by atomic mass is 10.2. The molecule has 1 aliphatic rings. The molecule has 0 atom stereocenters. The monoisotopic (exact) mass is 325 g/mol. The molecule has 0 saturated heterocycles. The predicted molar refractivity (Wildman–Crippen MR) is 92.3 cm³/mol. The minimum Gasteiger partial charge on any atom is -0.249 e. The van der Waals surface area contributed by atoms with Gasteiger partial charge < -0.3 is 0 Å². The first-order chi connectivity index (χ1) is 12.4. The fourth-order valence-electron chi connectivity index (χ4n) is 3.73. The molecule has 0 radical (unpaired) electrons. The summed E-state index contributed by atoms with van der Waals surface area (Å²) in [7, 11) is 0. The molecule has 0 amide bonds. The third kappa shape index (κ3) is 1.58. The summed E-state index contributed by atoms with van der Waals surface area (Å²) in [6, 6.07) is 16.4. The van der Waals surface area contributed by atoms with E-state index in [0.29, 0.717) is 5.78 Å². The molecule has 1 aromatic carbocycles. The molecule has 6 heteroatoms. The maximum atomic E-state index is 4.79. The van der Waals surface area contributed by atoms with Crippen LogP contribution in [0.15, 0.2) is 67.1 Å². The summed E-state index contributed by atoms with van der Waals surface area (Å²) in [5, 5.41) is 0. The Hall–Kier alpha value is -3.54. The Morgan fingerprint density at radius 2 is 1.80 bits per heavy atom. The number of hydrogen-bond donors (Lipinski definition) is 0. The highest BCUT2D eigenvalue weighted by Gasteiger charge is 2.37. The topological polar surface area (TPSA) is 51.9 Å². The second-order valence-corrected chi connectivity index (χ2v) is 6.14. The van der Waals surface area contributed by atoms with Crippen LogP contribution in [0.3, 0.4) is 0 Å². The third-order valence-corrected chi connectivity index (χ3v) is 4.74. The number of para-hydroxylation sites is 1. The molecule has 6 rings (SSSR count). The minimum absolute atomic E-state index is 0.705. The number of benzene rings is 1. The van der Waals surface area contributed by atoms with E-state index in [0.717, 1.165) is 35.0 Å². The molecule has 0 unspecified atom stereocenters. The van der Waals surface area contributed by atoms with Crippen LogP contribution in [0.4, 0.5) is 0 Å². The molecule has 1 aliphatic heterocycles. The lowest BCUT2D eigenvalue weighted by Gasteiger charge is -2.01. The van der Waals surface area contributed by atoms with Crippen molar-refractivity contribution in [2.24, 2.45) is 0 Å². The van der Waals surface area contributed by atoms with Crippen LogP contribution >= 0.6 is 0 Å². The summed E-state index contributed by atoms with van der Waals surface area (Å²) in [5.41, 5.74) is 5.25. The van der Waals surface area contributed by atoms with E-state index in [9.17, 15) is 0 Å². The number of aromatic nitrogens is 6. The first-order valence-electron chi connectivity index (χ1n) is 8.19. The molecule has 25 heavy (non-hydrogen) atoms. The van der Waals surface area contributed by atoms with Crippen molar-refractivity contribution in [3.8, 4) is 17.2 Å². The predicted octanol–water partition coefficient (Wildman–Crippen LogP) is 2.38. The van der Waals surface area contributed by atoms with Crippen LogP contribution in [-0.2, 0) is 6.54 Å². The summed E-state index contributed by atoms with van der Waals surface area (Å²) in [6.07, 6.45) is 5.63. The van der Waals surface area contributed by atoms with Crippen molar-refractivity contribution in [2.75, 3.05) is 0 Å². The summed E-state index contributed by atoms with van der Waals surface area (Å²) in [5.74, 6) is 1.77. The van der Waals surface area contributed by atoms with Gasteiger partial charge in [-0.2, -0.15) is 9.38 Å². The Morgan fingerprint density at radius 3 is 2.72 bits per heavy atom. The Morgan fingerprint density at radius 1 is 0.920 bits per heavy atom. The van der Waals surface area contributed by atoms with Crippen LogP contribution in [0.2, 0.25) is 0 Å². The van der Waals surface area contributed by atoms with Gasteiger partial charge in [0.1, 0.15) is 11.4 Å². The van der Waals surface area contributed by atoms with Gasteiger partial charge in [0.05, 0.1) is 12.7 Å². The van der Waals surface area contributed by atoms with E-state index in [4.69, 9.17) is 4.98 Å². The van der Waals surface area contributed by atoms with E-state index < -0.39 is 0 Å². The van der Waals surface area contributed by atoms with Crippen molar-refractivity contribution in [3.05, 3.63) is 72.7 Å². The van der Waals surface area contributed by atoms with Crippen molar-refractivity contribution >= 4 is 17.1 Å². The van der Waals surface area contributed by atoms with E-state index in [1.807, 2.05) is 47.1 Å². The molecule has 0 saturated carbocycles. The molecule has 0 aliphatic carbocycles. The Kier molecular flexibility index (Phi) is 2.31. The lowest BCUT2D eigenvalue weighted by Crippen LogP contribution is -2.32. The Labute approximate surface area is 142 Å². The van der Waals surface area contributed by atoms with E-state index in [1.165, 1.54) is 5.56 Å². The molecule has 5 heterocycles. The molecule has 4 aromatic heterocycles. The maximum absolute atomic E-state index is 4.79. The van der Waals surface area contributed by atoms with Gasteiger partial charge in [-0.3, -0.25) is 0 Å². The molecule has 6 nitrogen and oxygen atoms in total. The molecule has 0 fully saturated rings. The largest absolute Gasteiger partial charge is 0.299 e. The Balaban J connectivity index is 1.83. The molecule has 0 spiro atoms. The highest BCUT2D eigenvalue weighted by atomic mass is 15.3. The second-order valence-electron chi connectivity index (χ2n) is 6.14. The van der Waals surface area contributed by atoms with Crippen molar-refractivity contribution in [3.63, 3.8) is 0 Å². The maximum Gasteiger partial charge on any atom is 0.299 e. The van der Waals surface area contributed by atoms with Crippen LogP contribution < -0.4 is 4.57 Å². The summed E-state index contributed by atoms with van der Waals surface area (Å²) in [6.45, 7) is 0.789. The second kappa shape index (κ2) is 4.51. The first kappa shape index (κ1) is 12.8. The normalized spacial score (nSPS) is 12.6. The van der Waals surface area contributed by atoms with E-state index in [2.05, 4.69) is 37.3 Å². The number of rotatable bonds is 1. The van der Waals surface area contributed by atoms with Gasteiger partial charge in [0, 0.05) is 18.0 Å². The zero-order chi connectivity index (χ0) is 16.4. The first-order valence-corrected chi connectivity index (χ1v) is 8.19. The van der Waals surface area contributed by atoms with Gasteiger partial charge in [0.2, 0.25) is 0 Å². The number of fused-ring (bicyclic) bond motifs is 7. The van der Waals surface area contributed by atoms with Crippen LogP contribution in [0.25, 0.3) is 34.3 Å². The molecule has 118 valence electrons. The van der Waals surface area contributed by atoms with Gasteiger partial charge in [0.25, 0.3) is 22.9 Å². The van der Waals surface area contributed by atoms with E-state index in [1.54, 1.807) is 6.20 Å².